The summed E-state index contributed by atoms with van der Waals surface area (Å²) in [6.07, 6.45) is 2.96. The van der Waals surface area contributed by atoms with Crippen LogP contribution in [0.1, 0.15) is 41.5 Å². The molecule has 0 N–H and O–H groups in total. The summed E-state index contributed by atoms with van der Waals surface area (Å²) < 4.78 is 16.1. The van der Waals surface area contributed by atoms with Crippen LogP contribution in [0.3, 0.4) is 0 Å². The summed E-state index contributed by atoms with van der Waals surface area (Å²) >= 11 is 0. The average molecular weight is 212 g/mol. The Morgan fingerprint density at radius 3 is 1.29 bits per heavy atom. The predicted octanol–water partition coefficient (Wildman–Crippen LogP) is -0.632. The first-order valence-corrected chi connectivity index (χ1v) is 5.19. The molecule has 0 aliphatic rings. The van der Waals surface area contributed by atoms with Crippen molar-refractivity contribution in [3.63, 3.8) is 0 Å². The molecule has 0 fully saturated rings. The summed E-state index contributed by atoms with van der Waals surface area (Å²) in [5, 5.41) is 0. The summed E-state index contributed by atoms with van der Waals surface area (Å²) in [6, 6.07) is 0. The van der Waals surface area contributed by atoms with Crippen molar-refractivity contribution in [3.05, 3.63) is 0 Å². The van der Waals surface area contributed by atoms with E-state index in [9.17, 15) is 0 Å². The van der Waals surface area contributed by atoms with Crippen LogP contribution in [0.5, 0.6) is 0 Å². The van der Waals surface area contributed by atoms with Crippen LogP contribution in [-0.2, 0) is 14.0 Å². The van der Waals surface area contributed by atoms with E-state index in [2.05, 4.69) is 20.8 Å². The van der Waals surface area contributed by atoms with Crippen LogP contribution in [0.15, 0.2) is 0 Å². The normalized spacial score (nSPS) is 9.64. The predicted molar refractivity (Wildman–Crippen MR) is 55.6 cm³/mol. The third-order valence-electron chi connectivity index (χ3n) is 1.37. The molecule has 0 rings (SSSR count). The van der Waals surface area contributed by atoms with Gasteiger partial charge in [0.25, 0.3) is 0 Å². The molecule has 0 radical (unpaired) electrons. The zero-order valence-electron chi connectivity index (χ0n) is 11.0. The first-order valence-electron chi connectivity index (χ1n) is 5.19. The van der Waals surface area contributed by atoms with Crippen LogP contribution in [0.2, 0.25) is 0 Å². The SMILES string of the molecule is CCCOB(OCCC)OCCC.[H-].[Na+]. The van der Waals surface area contributed by atoms with E-state index in [1.165, 1.54) is 0 Å². The van der Waals surface area contributed by atoms with Gasteiger partial charge in [-0.1, -0.05) is 20.8 Å². The minimum absolute atomic E-state index is 0. The molecule has 0 saturated carbocycles. The number of rotatable bonds is 9. The molecule has 0 aromatic carbocycles. The largest absolute Gasteiger partial charge is 1.00 e. The molecule has 0 amide bonds. The second-order valence-corrected chi connectivity index (χ2v) is 2.90. The van der Waals surface area contributed by atoms with Gasteiger partial charge in [0.2, 0.25) is 0 Å². The second kappa shape index (κ2) is 13.9. The molecule has 80 valence electrons. The molecule has 14 heavy (non-hydrogen) atoms. The molecular formula is C9H22BNaO3. The Kier molecular flexibility index (Phi) is 17.3. The van der Waals surface area contributed by atoms with E-state index < -0.39 is 7.32 Å². The topological polar surface area (TPSA) is 27.7 Å². The summed E-state index contributed by atoms with van der Waals surface area (Å²) in [6.45, 7) is 8.28. The first kappa shape index (κ1) is 17.3. The van der Waals surface area contributed by atoms with Gasteiger partial charge in [0.15, 0.2) is 0 Å². The second-order valence-electron chi connectivity index (χ2n) is 2.90. The average Bonchev–Trinajstić information content (AvgIpc) is 2.17. The molecule has 5 heteroatoms. The quantitative estimate of drug-likeness (QED) is 0.476. The van der Waals surface area contributed by atoms with Gasteiger partial charge in [-0.25, -0.2) is 0 Å². The fourth-order valence-electron chi connectivity index (χ4n) is 0.787. The number of hydrogen-bond acceptors (Lipinski definition) is 3. The van der Waals surface area contributed by atoms with E-state index in [-0.39, 0.29) is 31.0 Å². The van der Waals surface area contributed by atoms with Crippen LogP contribution >= 0.6 is 0 Å². The van der Waals surface area contributed by atoms with Gasteiger partial charge in [-0.05, 0) is 19.3 Å². The first-order chi connectivity index (χ1) is 6.35. The van der Waals surface area contributed by atoms with Gasteiger partial charge in [0, 0.05) is 19.8 Å². The Balaban J connectivity index is -0.000000720. The van der Waals surface area contributed by atoms with E-state index >= 15 is 0 Å². The maximum Gasteiger partial charge on any atom is 1.00 e. The van der Waals surface area contributed by atoms with Crippen molar-refractivity contribution in [2.24, 2.45) is 0 Å². The molecule has 0 saturated heterocycles. The van der Waals surface area contributed by atoms with Gasteiger partial charge < -0.3 is 15.4 Å². The summed E-state index contributed by atoms with van der Waals surface area (Å²) in [5.74, 6) is 0. The maximum absolute atomic E-state index is 5.35. The zero-order valence-corrected chi connectivity index (χ0v) is 12.0. The van der Waals surface area contributed by atoms with E-state index in [0.29, 0.717) is 19.8 Å². The Morgan fingerprint density at radius 2 is 1.07 bits per heavy atom. The van der Waals surface area contributed by atoms with Gasteiger partial charge in [-0.15, -0.1) is 0 Å². The maximum atomic E-state index is 5.35. The molecule has 0 aromatic heterocycles. The fraction of sp³-hybridized carbons (Fsp3) is 1.00. The van der Waals surface area contributed by atoms with E-state index in [1.54, 1.807) is 0 Å². The minimum atomic E-state index is -0.458. The van der Waals surface area contributed by atoms with Crippen molar-refractivity contribution in [2.75, 3.05) is 19.8 Å². The molecule has 3 nitrogen and oxygen atoms in total. The smallest absolute Gasteiger partial charge is 1.00 e. The third kappa shape index (κ3) is 11.0. The van der Waals surface area contributed by atoms with Crippen LogP contribution in [0.25, 0.3) is 0 Å². The van der Waals surface area contributed by atoms with Gasteiger partial charge in [-0.3, -0.25) is 0 Å². The fourth-order valence-corrected chi connectivity index (χ4v) is 0.787. The van der Waals surface area contributed by atoms with Crippen molar-refractivity contribution in [1.29, 1.82) is 0 Å². The molecule has 0 unspecified atom stereocenters. The van der Waals surface area contributed by atoms with Crippen molar-refractivity contribution >= 4 is 7.32 Å². The summed E-state index contributed by atoms with van der Waals surface area (Å²) in [4.78, 5) is 0. The monoisotopic (exact) mass is 212 g/mol. The zero-order chi connectivity index (χ0) is 9.94. The molecule has 0 aromatic rings. The van der Waals surface area contributed by atoms with E-state index in [0.717, 1.165) is 19.3 Å². The van der Waals surface area contributed by atoms with Gasteiger partial charge >= 0.3 is 36.9 Å². The Bertz CT molecular complexity index is 92.3. The van der Waals surface area contributed by atoms with Crippen molar-refractivity contribution < 1.29 is 44.9 Å². The molecule has 0 heterocycles. The molecule has 0 aliphatic heterocycles. The van der Waals surface area contributed by atoms with Crippen LogP contribution in [0.4, 0.5) is 0 Å². The van der Waals surface area contributed by atoms with E-state index in [4.69, 9.17) is 14.0 Å². The minimum Gasteiger partial charge on any atom is -1.00 e. The van der Waals surface area contributed by atoms with Crippen LogP contribution in [0, 0.1) is 0 Å². The molecular weight excluding hydrogens is 190 g/mol. The van der Waals surface area contributed by atoms with Crippen molar-refractivity contribution in [1.82, 2.24) is 0 Å². The Hall–Kier alpha value is 0.945. The molecule has 0 aliphatic carbocycles. The standard InChI is InChI=1S/C9H21BO3.Na.H/c1-4-7-11-10(12-8-5-2)13-9-6-3;;/h4-9H2,1-3H3;;/q;+1;-1. The van der Waals surface area contributed by atoms with Gasteiger partial charge in [0.1, 0.15) is 0 Å². The van der Waals surface area contributed by atoms with Crippen LogP contribution in [-0.4, -0.2) is 27.1 Å². The van der Waals surface area contributed by atoms with Crippen LogP contribution < -0.4 is 29.6 Å². The third-order valence-corrected chi connectivity index (χ3v) is 1.37. The molecule has 0 spiro atoms. The van der Waals surface area contributed by atoms with E-state index in [1.807, 2.05) is 0 Å². The summed E-state index contributed by atoms with van der Waals surface area (Å²) in [7, 11) is -0.458. The Labute approximate surface area is 112 Å². The van der Waals surface area contributed by atoms with Gasteiger partial charge in [-0.2, -0.15) is 0 Å². The molecule has 0 bridgehead atoms. The van der Waals surface area contributed by atoms with Crippen molar-refractivity contribution in [3.8, 4) is 0 Å². The van der Waals surface area contributed by atoms with Gasteiger partial charge in [0.05, 0.1) is 0 Å². The van der Waals surface area contributed by atoms with Crippen molar-refractivity contribution in [2.45, 2.75) is 40.0 Å². The summed E-state index contributed by atoms with van der Waals surface area (Å²) in [5.41, 5.74) is 0. The molecule has 0 atom stereocenters. The Morgan fingerprint density at radius 1 is 0.786 bits per heavy atom. The number of hydrogen-bond donors (Lipinski definition) is 0.